The van der Waals surface area contributed by atoms with Crippen molar-refractivity contribution in [2.75, 3.05) is 6.54 Å². The number of hydrogen-bond acceptors (Lipinski definition) is 3. The molecule has 0 bridgehead atoms. The molecule has 1 aromatic rings. The van der Waals surface area contributed by atoms with Gasteiger partial charge in [0.25, 0.3) is 0 Å². The molecule has 0 saturated heterocycles. The molecule has 1 aromatic heterocycles. The van der Waals surface area contributed by atoms with Crippen LogP contribution in [-0.2, 0) is 18.4 Å². The summed E-state index contributed by atoms with van der Waals surface area (Å²) >= 11 is 0. The van der Waals surface area contributed by atoms with Crippen LogP contribution in [0.1, 0.15) is 36.9 Å². The van der Waals surface area contributed by atoms with Gasteiger partial charge in [-0.1, -0.05) is 0 Å². The number of carbonyl (C=O) groups is 1. The fraction of sp³-hybridized carbons (Fsp3) is 0.692. The van der Waals surface area contributed by atoms with E-state index >= 15 is 0 Å². The highest BCUT2D eigenvalue weighted by atomic mass is 16.1. The van der Waals surface area contributed by atoms with Crippen LogP contribution >= 0.6 is 0 Å². The first kappa shape index (κ1) is 13.1. The van der Waals surface area contributed by atoms with E-state index in [1.165, 1.54) is 11.3 Å². The van der Waals surface area contributed by atoms with Crippen LogP contribution in [0.25, 0.3) is 0 Å². The van der Waals surface area contributed by atoms with E-state index in [-0.39, 0.29) is 5.91 Å². The van der Waals surface area contributed by atoms with Gasteiger partial charge in [0, 0.05) is 37.3 Å². The minimum absolute atomic E-state index is 0.192. The first-order chi connectivity index (χ1) is 8.66. The maximum Gasteiger partial charge on any atom is 0.220 e. The zero-order valence-corrected chi connectivity index (χ0v) is 11.2. The number of hydrogen-bond donors (Lipinski definition) is 2. The molecule has 1 saturated carbocycles. The Morgan fingerprint density at radius 2 is 2.33 bits per heavy atom. The van der Waals surface area contributed by atoms with Crippen molar-refractivity contribution >= 4 is 5.91 Å². The van der Waals surface area contributed by atoms with E-state index in [1.54, 1.807) is 0 Å². The number of aryl methyl sites for hydroxylation is 1. The second-order valence-electron chi connectivity index (χ2n) is 5.00. The third-order valence-electron chi connectivity index (χ3n) is 3.35. The van der Waals surface area contributed by atoms with Gasteiger partial charge in [-0.2, -0.15) is 5.10 Å². The second-order valence-corrected chi connectivity index (χ2v) is 5.00. The maximum atomic E-state index is 11.4. The summed E-state index contributed by atoms with van der Waals surface area (Å²) in [5.41, 5.74) is 2.41. The molecule has 1 fully saturated rings. The molecule has 0 radical (unpaired) electrons. The van der Waals surface area contributed by atoms with Crippen LogP contribution in [0.2, 0.25) is 0 Å². The molecule has 100 valence electrons. The predicted molar refractivity (Wildman–Crippen MR) is 70.1 cm³/mol. The Hall–Kier alpha value is -1.36. The average molecular weight is 250 g/mol. The van der Waals surface area contributed by atoms with Gasteiger partial charge in [-0.15, -0.1) is 0 Å². The van der Waals surface area contributed by atoms with E-state index in [2.05, 4.69) is 22.7 Å². The zero-order valence-electron chi connectivity index (χ0n) is 11.2. The van der Waals surface area contributed by atoms with Crippen LogP contribution in [0.4, 0.5) is 0 Å². The summed E-state index contributed by atoms with van der Waals surface area (Å²) in [6.45, 7) is 3.75. The molecule has 18 heavy (non-hydrogen) atoms. The molecule has 5 nitrogen and oxygen atoms in total. The van der Waals surface area contributed by atoms with Crippen LogP contribution in [-0.4, -0.2) is 28.3 Å². The number of nitrogens with zero attached hydrogens (tertiary/aromatic N) is 2. The summed E-state index contributed by atoms with van der Waals surface area (Å²) in [5, 5.41) is 10.5. The van der Waals surface area contributed by atoms with Gasteiger partial charge >= 0.3 is 0 Å². The number of amides is 1. The first-order valence-electron chi connectivity index (χ1n) is 6.64. The maximum absolute atomic E-state index is 11.4. The topological polar surface area (TPSA) is 59.0 Å². The number of carbonyl (C=O) groups excluding carboxylic acids is 1. The molecule has 0 aliphatic heterocycles. The van der Waals surface area contributed by atoms with Gasteiger partial charge in [-0.3, -0.25) is 9.48 Å². The van der Waals surface area contributed by atoms with E-state index in [1.807, 2.05) is 17.9 Å². The molecular formula is C13H22N4O. The number of nitrogens with one attached hydrogen (secondary N) is 2. The zero-order chi connectivity index (χ0) is 13.0. The van der Waals surface area contributed by atoms with E-state index < -0.39 is 0 Å². The highest BCUT2D eigenvalue weighted by Gasteiger charge is 2.22. The molecular weight excluding hydrogens is 228 g/mol. The molecule has 1 aliphatic carbocycles. The Labute approximate surface area is 108 Å². The molecule has 0 aromatic carbocycles. The molecule has 0 spiro atoms. The highest BCUT2D eigenvalue weighted by molar-refractivity contribution is 5.76. The Morgan fingerprint density at radius 3 is 2.94 bits per heavy atom. The van der Waals surface area contributed by atoms with Crippen molar-refractivity contribution in [3.05, 3.63) is 17.5 Å². The molecule has 2 rings (SSSR count). The number of rotatable bonds is 7. The SMILES string of the molecule is Cc1c(CNCCCC(=O)NC2CC2)cnn1C. The van der Waals surface area contributed by atoms with Gasteiger partial charge in [-0.25, -0.2) is 0 Å². The Morgan fingerprint density at radius 1 is 1.56 bits per heavy atom. The van der Waals surface area contributed by atoms with Crippen LogP contribution < -0.4 is 10.6 Å². The minimum Gasteiger partial charge on any atom is -0.353 e. The third-order valence-corrected chi connectivity index (χ3v) is 3.35. The fourth-order valence-corrected chi connectivity index (χ4v) is 1.84. The first-order valence-corrected chi connectivity index (χ1v) is 6.64. The van der Waals surface area contributed by atoms with Crippen molar-refractivity contribution in [3.63, 3.8) is 0 Å². The standard InChI is InChI=1S/C13H22N4O/c1-10-11(9-15-17(10)2)8-14-7-3-4-13(18)16-12-5-6-12/h9,12,14H,3-8H2,1-2H3,(H,16,18). The van der Waals surface area contributed by atoms with Crippen LogP contribution in [0.3, 0.4) is 0 Å². The molecule has 2 N–H and O–H groups in total. The molecule has 0 unspecified atom stereocenters. The Balaban J connectivity index is 1.55. The summed E-state index contributed by atoms with van der Waals surface area (Å²) in [6, 6.07) is 0.475. The fourth-order valence-electron chi connectivity index (χ4n) is 1.84. The molecule has 1 aliphatic rings. The lowest BCUT2D eigenvalue weighted by Gasteiger charge is -2.05. The van der Waals surface area contributed by atoms with Gasteiger partial charge in [0.15, 0.2) is 0 Å². The van der Waals surface area contributed by atoms with Crippen LogP contribution in [0.15, 0.2) is 6.20 Å². The van der Waals surface area contributed by atoms with E-state index in [0.717, 1.165) is 32.4 Å². The summed E-state index contributed by atoms with van der Waals surface area (Å²) in [4.78, 5) is 11.4. The van der Waals surface area contributed by atoms with Crippen molar-refractivity contribution in [1.29, 1.82) is 0 Å². The Kier molecular flexibility index (Phi) is 4.36. The van der Waals surface area contributed by atoms with Crippen molar-refractivity contribution in [2.24, 2.45) is 7.05 Å². The lowest BCUT2D eigenvalue weighted by molar-refractivity contribution is -0.121. The third kappa shape index (κ3) is 3.84. The quantitative estimate of drug-likeness (QED) is 0.706. The highest BCUT2D eigenvalue weighted by Crippen LogP contribution is 2.18. The molecule has 0 atom stereocenters. The second kappa shape index (κ2) is 6.00. The van der Waals surface area contributed by atoms with Gasteiger partial charge in [0.05, 0.1) is 6.20 Å². The van der Waals surface area contributed by atoms with Crippen LogP contribution in [0, 0.1) is 6.92 Å². The normalized spacial score (nSPS) is 14.8. The number of aromatic nitrogens is 2. The van der Waals surface area contributed by atoms with Gasteiger partial charge in [0.2, 0.25) is 5.91 Å². The van der Waals surface area contributed by atoms with Crippen LogP contribution in [0.5, 0.6) is 0 Å². The lowest BCUT2D eigenvalue weighted by atomic mass is 10.2. The summed E-state index contributed by atoms with van der Waals surface area (Å²) < 4.78 is 1.88. The summed E-state index contributed by atoms with van der Waals surface area (Å²) in [6.07, 6.45) is 5.71. The van der Waals surface area contributed by atoms with E-state index in [4.69, 9.17) is 0 Å². The van der Waals surface area contributed by atoms with Gasteiger partial charge in [0.1, 0.15) is 0 Å². The minimum atomic E-state index is 0.192. The van der Waals surface area contributed by atoms with E-state index in [9.17, 15) is 4.79 Å². The van der Waals surface area contributed by atoms with Gasteiger partial charge < -0.3 is 10.6 Å². The summed E-state index contributed by atoms with van der Waals surface area (Å²) in [5.74, 6) is 0.192. The van der Waals surface area contributed by atoms with Gasteiger partial charge in [-0.05, 0) is 32.7 Å². The summed E-state index contributed by atoms with van der Waals surface area (Å²) in [7, 11) is 1.95. The van der Waals surface area contributed by atoms with Crippen molar-refractivity contribution in [1.82, 2.24) is 20.4 Å². The average Bonchev–Trinajstić information content (AvgIpc) is 3.09. The van der Waals surface area contributed by atoms with Crippen molar-refractivity contribution < 1.29 is 4.79 Å². The molecule has 5 heteroatoms. The smallest absolute Gasteiger partial charge is 0.220 e. The van der Waals surface area contributed by atoms with Crippen molar-refractivity contribution in [3.8, 4) is 0 Å². The monoisotopic (exact) mass is 250 g/mol. The van der Waals surface area contributed by atoms with Crippen molar-refractivity contribution in [2.45, 2.75) is 45.2 Å². The molecule has 1 amide bonds. The lowest BCUT2D eigenvalue weighted by Crippen LogP contribution is -2.26. The van der Waals surface area contributed by atoms with E-state index in [0.29, 0.717) is 12.5 Å². The predicted octanol–water partition coefficient (Wildman–Crippen LogP) is 0.877. The molecule has 1 heterocycles. The largest absolute Gasteiger partial charge is 0.353 e. The Bertz CT molecular complexity index is 409.